The lowest BCUT2D eigenvalue weighted by Crippen LogP contribution is -2.47. The largest absolute Gasteiger partial charge is 0.338 e. The monoisotopic (exact) mass is 363 g/mol. The number of nitrogens with zero attached hydrogens (tertiary/aromatic N) is 3. The van der Waals surface area contributed by atoms with E-state index in [1.165, 1.54) is 18.4 Å². The van der Waals surface area contributed by atoms with E-state index in [4.69, 9.17) is 0 Å². The summed E-state index contributed by atoms with van der Waals surface area (Å²) in [5.41, 5.74) is 2.53. The van der Waals surface area contributed by atoms with Gasteiger partial charge in [-0.15, -0.1) is 0 Å². The maximum Gasteiger partial charge on any atom is 0.255 e. The Morgan fingerprint density at radius 3 is 2.37 bits per heavy atom. The van der Waals surface area contributed by atoms with Gasteiger partial charge in [0.15, 0.2) is 0 Å². The summed E-state index contributed by atoms with van der Waals surface area (Å²) in [4.78, 5) is 21.4. The van der Waals surface area contributed by atoms with Crippen LogP contribution in [0.4, 0.5) is 0 Å². The van der Waals surface area contributed by atoms with Crippen LogP contribution in [0, 0.1) is 5.41 Å². The number of likely N-dealkylation sites (tertiary alicyclic amines) is 1. The molecule has 0 radical (unpaired) electrons. The van der Waals surface area contributed by atoms with Gasteiger partial charge in [0.1, 0.15) is 0 Å². The number of carbonyl (C=O) groups excluding carboxylic acids is 1. The van der Waals surface area contributed by atoms with Crippen molar-refractivity contribution in [1.82, 2.24) is 14.8 Å². The topological polar surface area (TPSA) is 36.4 Å². The summed E-state index contributed by atoms with van der Waals surface area (Å²) in [6.07, 6.45) is 9.18. The maximum absolute atomic E-state index is 12.8. The first kappa shape index (κ1) is 18.2. The summed E-state index contributed by atoms with van der Waals surface area (Å²) in [6, 6.07) is 14.6. The second-order valence-electron chi connectivity index (χ2n) is 8.51. The van der Waals surface area contributed by atoms with Gasteiger partial charge in [-0.1, -0.05) is 30.3 Å². The van der Waals surface area contributed by atoms with Crippen molar-refractivity contribution in [3.8, 4) is 0 Å². The van der Waals surface area contributed by atoms with Crippen molar-refractivity contribution in [3.05, 3.63) is 66.0 Å². The van der Waals surface area contributed by atoms with Gasteiger partial charge in [-0.05, 0) is 69.3 Å². The van der Waals surface area contributed by atoms with Crippen LogP contribution in [0.1, 0.15) is 48.0 Å². The smallest absolute Gasteiger partial charge is 0.255 e. The van der Waals surface area contributed by atoms with Gasteiger partial charge >= 0.3 is 0 Å². The van der Waals surface area contributed by atoms with Gasteiger partial charge in [-0.3, -0.25) is 14.7 Å². The van der Waals surface area contributed by atoms with E-state index >= 15 is 0 Å². The van der Waals surface area contributed by atoms with Crippen molar-refractivity contribution in [1.29, 1.82) is 0 Å². The molecule has 1 amide bonds. The van der Waals surface area contributed by atoms with Crippen molar-refractivity contribution < 1.29 is 4.79 Å². The zero-order valence-corrected chi connectivity index (χ0v) is 16.4. The number of hydrogen-bond acceptors (Lipinski definition) is 3. The molecular formula is C23H29N3O. The highest BCUT2D eigenvalue weighted by molar-refractivity contribution is 5.94. The first-order valence-corrected chi connectivity index (χ1v) is 9.97. The molecule has 2 fully saturated rings. The molecule has 4 rings (SSSR count). The van der Waals surface area contributed by atoms with Crippen LogP contribution in [-0.2, 0) is 5.54 Å². The van der Waals surface area contributed by atoms with E-state index in [-0.39, 0.29) is 16.9 Å². The number of carbonyl (C=O) groups is 1. The number of amides is 1. The molecule has 1 saturated heterocycles. The summed E-state index contributed by atoms with van der Waals surface area (Å²) in [6.45, 7) is 1.76. The predicted molar refractivity (Wildman–Crippen MR) is 107 cm³/mol. The van der Waals surface area contributed by atoms with E-state index in [1.54, 1.807) is 12.4 Å². The van der Waals surface area contributed by atoms with Crippen molar-refractivity contribution in [2.75, 3.05) is 27.2 Å². The number of rotatable bonds is 3. The van der Waals surface area contributed by atoms with Crippen LogP contribution >= 0.6 is 0 Å². The second-order valence-corrected chi connectivity index (χ2v) is 8.51. The number of hydrogen-bond donors (Lipinski definition) is 0. The van der Waals surface area contributed by atoms with E-state index < -0.39 is 0 Å². The van der Waals surface area contributed by atoms with Gasteiger partial charge in [-0.25, -0.2) is 0 Å². The fraction of sp³-hybridized carbons (Fsp3) is 0.478. The Kier molecular flexibility index (Phi) is 4.77. The van der Waals surface area contributed by atoms with Crippen LogP contribution in [0.3, 0.4) is 0 Å². The number of pyridine rings is 1. The third kappa shape index (κ3) is 3.27. The molecule has 1 aromatic heterocycles. The third-order valence-electron chi connectivity index (χ3n) is 6.94. The zero-order valence-electron chi connectivity index (χ0n) is 16.4. The lowest BCUT2D eigenvalue weighted by molar-refractivity contribution is 0.0370. The van der Waals surface area contributed by atoms with E-state index in [0.29, 0.717) is 5.56 Å². The standard InChI is InChI=1S/C23H29N3O/c1-25(2)23(20-8-4-3-5-9-20)12-10-22(11-13-23)14-16-26(18-22)21(27)19-7-6-15-24-17-19/h3-9,15,17H,10-14,16,18H2,1-2H3. The van der Waals surface area contributed by atoms with E-state index in [2.05, 4.69) is 54.3 Å². The minimum atomic E-state index is 0.118. The molecule has 1 spiro atoms. The van der Waals surface area contributed by atoms with Gasteiger partial charge in [0.05, 0.1) is 5.56 Å². The first-order valence-electron chi connectivity index (χ1n) is 9.97. The Hall–Kier alpha value is -2.20. The highest BCUT2D eigenvalue weighted by Gasteiger charge is 2.48. The molecule has 0 N–H and O–H groups in total. The van der Waals surface area contributed by atoms with Gasteiger partial charge in [-0.2, -0.15) is 0 Å². The van der Waals surface area contributed by atoms with Crippen molar-refractivity contribution in [2.24, 2.45) is 5.41 Å². The fourth-order valence-corrected chi connectivity index (χ4v) is 5.12. The summed E-state index contributed by atoms with van der Waals surface area (Å²) in [5, 5.41) is 0. The SMILES string of the molecule is CN(C)C1(c2ccccc2)CCC2(CCN(C(=O)c3cccnc3)C2)CC1. The molecule has 0 atom stereocenters. The Morgan fingerprint density at radius 2 is 1.74 bits per heavy atom. The number of aromatic nitrogens is 1. The third-order valence-corrected chi connectivity index (χ3v) is 6.94. The molecule has 142 valence electrons. The Bertz CT molecular complexity index is 780. The molecule has 1 aliphatic carbocycles. The van der Waals surface area contributed by atoms with Gasteiger partial charge in [0, 0.05) is 31.0 Å². The predicted octanol–water partition coefficient (Wildman–Crippen LogP) is 3.95. The van der Waals surface area contributed by atoms with Crippen LogP contribution in [-0.4, -0.2) is 47.9 Å². The van der Waals surface area contributed by atoms with Crippen LogP contribution in [0.5, 0.6) is 0 Å². The van der Waals surface area contributed by atoms with Crippen LogP contribution < -0.4 is 0 Å². The van der Waals surface area contributed by atoms with E-state index in [0.717, 1.165) is 32.4 Å². The van der Waals surface area contributed by atoms with E-state index in [1.807, 2.05) is 17.0 Å². The van der Waals surface area contributed by atoms with E-state index in [9.17, 15) is 4.79 Å². The average Bonchev–Trinajstić information content (AvgIpc) is 3.13. The summed E-state index contributed by atoms with van der Waals surface area (Å²) >= 11 is 0. The minimum Gasteiger partial charge on any atom is -0.338 e. The van der Waals surface area contributed by atoms with Crippen molar-refractivity contribution in [2.45, 2.75) is 37.6 Å². The van der Waals surface area contributed by atoms with Crippen LogP contribution in [0.15, 0.2) is 54.9 Å². The van der Waals surface area contributed by atoms with Crippen LogP contribution in [0.2, 0.25) is 0 Å². The zero-order chi connectivity index (χ0) is 18.9. The maximum atomic E-state index is 12.8. The average molecular weight is 364 g/mol. The van der Waals surface area contributed by atoms with Gasteiger partial charge < -0.3 is 4.90 Å². The minimum absolute atomic E-state index is 0.118. The lowest BCUT2D eigenvalue weighted by Gasteiger charge is -2.49. The lowest BCUT2D eigenvalue weighted by atomic mass is 9.64. The molecule has 1 aliphatic heterocycles. The molecule has 0 unspecified atom stereocenters. The number of benzene rings is 1. The second kappa shape index (κ2) is 7.08. The van der Waals surface area contributed by atoms with Crippen LogP contribution in [0.25, 0.3) is 0 Å². The molecule has 1 aromatic carbocycles. The molecule has 4 heteroatoms. The molecule has 2 heterocycles. The molecule has 2 aliphatic rings. The molecule has 2 aromatic rings. The van der Waals surface area contributed by atoms with Crippen molar-refractivity contribution in [3.63, 3.8) is 0 Å². The highest BCUT2D eigenvalue weighted by Crippen LogP contribution is 2.51. The Balaban J connectivity index is 1.48. The molecule has 0 bridgehead atoms. The summed E-state index contributed by atoms with van der Waals surface area (Å²) in [5.74, 6) is 0.132. The highest BCUT2D eigenvalue weighted by atomic mass is 16.2. The van der Waals surface area contributed by atoms with Crippen molar-refractivity contribution >= 4 is 5.91 Å². The fourth-order valence-electron chi connectivity index (χ4n) is 5.12. The quantitative estimate of drug-likeness (QED) is 0.829. The van der Waals surface area contributed by atoms with Gasteiger partial charge in [0.25, 0.3) is 5.91 Å². The Morgan fingerprint density at radius 1 is 1.00 bits per heavy atom. The summed E-state index contributed by atoms with van der Waals surface area (Å²) < 4.78 is 0. The molecule has 1 saturated carbocycles. The molecule has 27 heavy (non-hydrogen) atoms. The van der Waals surface area contributed by atoms with Gasteiger partial charge in [0.2, 0.25) is 0 Å². The summed E-state index contributed by atoms with van der Waals surface area (Å²) in [7, 11) is 4.41. The molecular weight excluding hydrogens is 334 g/mol. The molecule has 4 nitrogen and oxygen atoms in total. The first-order chi connectivity index (χ1) is 13.0. The Labute approximate surface area is 162 Å². The normalized spacial score (nSPS) is 28.0.